The van der Waals surface area contributed by atoms with Crippen molar-refractivity contribution in [3.8, 4) is 0 Å². The molecule has 1 aliphatic heterocycles. The minimum absolute atomic E-state index is 0.145. The van der Waals surface area contributed by atoms with E-state index >= 15 is 0 Å². The van der Waals surface area contributed by atoms with Crippen molar-refractivity contribution in [2.75, 3.05) is 7.11 Å². The number of methoxy groups -OCH3 is 1. The molecule has 0 aromatic rings. The molecule has 0 radical (unpaired) electrons. The van der Waals surface area contributed by atoms with Gasteiger partial charge in [0.25, 0.3) is 0 Å². The zero-order chi connectivity index (χ0) is 10.6. The number of hydrogen-bond donors (Lipinski definition) is 0. The average Bonchev–Trinajstić information content (AvgIpc) is 2.18. The van der Waals surface area contributed by atoms with Crippen molar-refractivity contribution >= 4 is 17.6 Å². The van der Waals surface area contributed by atoms with E-state index in [0.29, 0.717) is 6.42 Å². The van der Waals surface area contributed by atoms with Gasteiger partial charge in [-0.15, -0.1) is 0 Å². The topological polar surface area (TPSA) is 44.8 Å². The molecule has 0 N–H and O–H groups in total. The number of rotatable bonds is 3. The molecule has 2 unspecified atom stereocenters. The summed E-state index contributed by atoms with van der Waals surface area (Å²) in [7, 11) is 1.55. The maximum atomic E-state index is 11.0. The maximum Gasteiger partial charge on any atom is 0.351 e. The lowest BCUT2D eigenvalue weighted by Crippen LogP contribution is -2.32. The average molecular weight is 221 g/mol. The molecule has 1 saturated heterocycles. The fraction of sp³-hybridized carbons (Fsp3) is 0.667. The van der Waals surface area contributed by atoms with E-state index in [0.717, 1.165) is 12.8 Å². The highest BCUT2D eigenvalue weighted by atomic mass is 35.5. The van der Waals surface area contributed by atoms with Crippen LogP contribution in [-0.2, 0) is 19.0 Å². The van der Waals surface area contributed by atoms with Crippen LogP contribution in [0.1, 0.15) is 19.3 Å². The van der Waals surface area contributed by atoms with Gasteiger partial charge in [0.05, 0.1) is 0 Å². The number of hydrogen-bond acceptors (Lipinski definition) is 4. The third-order valence-electron chi connectivity index (χ3n) is 1.91. The number of esters is 1. The molecule has 1 fully saturated rings. The first-order chi connectivity index (χ1) is 6.63. The van der Waals surface area contributed by atoms with Crippen molar-refractivity contribution in [2.24, 2.45) is 0 Å². The summed E-state index contributed by atoms with van der Waals surface area (Å²) in [5.41, 5.74) is 0. The van der Waals surface area contributed by atoms with Gasteiger partial charge < -0.3 is 14.2 Å². The van der Waals surface area contributed by atoms with E-state index in [1.807, 2.05) is 0 Å². The Morgan fingerprint density at radius 1 is 1.50 bits per heavy atom. The van der Waals surface area contributed by atoms with Crippen molar-refractivity contribution in [1.82, 2.24) is 0 Å². The molecule has 80 valence electrons. The summed E-state index contributed by atoms with van der Waals surface area (Å²) >= 11 is 5.36. The summed E-state index contributed by atoms with van der Waals surface area (Å²) in [6, 6.07) is 0. The van der Waals surface area contributed by atoms with Crippen LogP contribution in [0, 0.1) is 0 Å². The van der Waals surface area contributed by atoms with Crippen LogP contribution in [-0.4, -0.2) is 25.7 Å². The molecule has 1 rings (SSSR count). The molecule has 0 spiro atoms. The van der Waals surface area contributed by atoms with Gasteiger partial charge in [0.15, 0.2) is 6.29 Å². The van der Waals surface area contributed by atoms with Crippen molar-refractivity contribution in [2.45, 2.75) is 31.8 Å². The Kier molecular flexibility index (Phi) is 4.38. The molecule has 1 aliphatic rings. The minimum atomic E-state index is -0.645. The summed E-state index contributed by atoms with van der Waals surface area (Å²) in [6.07, 6.45) is 1.50. The molecular formula is C9H13ClO4. The summed E-state index contributed by atoms with van der Waals surface area (Å²) in [5, 5.41) is -0.145. The van der Waals surface area contributed by atoms with Gasteiger partial charge in [-0.25, -0.2) is 4.79 Å². The highest BCUT2D eigenvalue weighted by molar-refractivity contribution is 6.40. The number of carbonyl (C=O) groups is 1. The molecular weight excluding hydrogens is 208 g/mol. The van der Waals surface area contributed by atoms with E-state index < -0.39 is 12.3 Å². The van der Waals surface area contributed by atoms with Gasteiger partial charge in [-0.2, -0.15) is 0 Å². The molecule has 1 heterocycles. The molecule has 5 heteroatoms. The maximum absolute atomic E-state index is 11.0. The minimum Gasteiger partial charge on any atom is -0.431 e. The molecule has 0 aromatic heterocycles. The van der Waals surface area contributed by atoms with Crippen LogP contribution in [0.2, 0.25) is 0 Å². The highest BCUT2D eigenvalue weighted by Gasteiger charge is 2.25. The number of halogens is 1. The SMILES string of the molecule is C=C(Cl)C(=O)OC1CCCC(OC)O1. The third-order valence-corrected chi connectivity index (χ3v) is 2.06. The van der Waals surface area contributed by atoms with Crippen LogP contribution < -0.4 is 0 Å². The molecule has 2 atom stereocenters. The van der Waals surface area contributed by atoms with Crippen LogP contribution in [0.25, 0.3) is 0 Å². The number of carbonyl (C=O) groups excluding carboxylic acids is 1. The second kappa shape index (κ2) is 5.34. The van der Waals surface area contributed by atoms with Crippen LogP contribution in [0.4, 0.5) is 0 Å². The summed E-state index contributed by atoms with van der Waals surface area (Å²) in [6.45, 7) is 3.26. The Morgan fingerprint density at radius 3 is 2.71 bits per heavy atom. The van der Waals surface area contributed by atoms with Crippen LogP contribution >= 0.6 is 11.6 Å². The lowest BCUT2D eigenvalue weighted by molar-refractivity contribution is -0.251. The monoisotopic (exact) mass is 220 g/mol. The molecule has 0 amide bonds. The smallest absolute Gasteiger partial charge is 0.351 e. The third kappa shape index (κ3) is 3.29. The van der Waals surface area contributed by atoms with E-state index in [4.69, 9.17) is 25.8 Å². The Balaban J connectivity index is 2.37. The fourth-order valence-electron chi connectivity index (χ4n) is 1.20. The summed E-state index contributed by atoms with van der Waals surface area (Å²) < 4.78 is 15.2. The molecule has 0 aromatic carbocycles. The lowest BCUT2D eigenvalue weighted by atomic mass is 10.2. The molecule has 0 saturated carbocycles. The Bertz CT molecular complexity index is 229. The number of ether oxygens (including phenoxy) is 3. The van der Waals surface area contributed by atoms with Crippen LogP contribution in [0.15, 0.2) is 11.6 Å². The van der Waals surface area contributed by atoms with Gasteiger partial charge >= 0.3 is 5.97 Å². The van der Waals surface area contributed by atoms with Crippen molar-refractivity contribution < 1.29 is 19.0 Å². The first-order valence-electron chi connectivity index (χ1n) is 4.37. The predicted octanol–water partition coefficient (Wildman–Crippen LogP) is 1.78. The van der Waals surface area contributed by atoms with E-state index in [-0.39, 0.29) is 11.3 Å². The van der Waals surface area contributed by atoms with E-state index in [1.54, 1.807) is 7.11 Å². The highest BCUT2D eigenvalue weighted by Crippen LogP contribution is 2.21. The zero-order valence-corrected chi connectivity index (χ0v) is 8.75. The molecule has 0 bridgehead atoms. The molecule has 4 nitrogen and oxygen atoms in total. The molecule has 14 heavy (non-hydrogen) atoms. The van der Waals surface area contributed by atoms with Gasteiger partial charge in [-0.3, -0.25) is 0 Å². The van der Waals surface area contributed by atoms with E-state index in [9.17, 15) is 4.79 Å². The Morgan fingerprint density at radius 2 is 2.14 bits per heavy atom. The largest absolute Gasteiger partial charge is 0.431 e. The van der Waals surface area contributed by atoms with Crippen molar-refractivity contribution in [1.29, 1.82) is 0 Å². The first-order valence-corrected chi connectivity index (χ1v) is 4.75. The Hall–Kier alpha value is -0.580. The van der Waals surface area contributed by atoms with E-state index in [1.165, 1.54) is 0 Å². The predicted molar refractivity (Wildman–Crippen MR) is 50.6 cm³/mol. The van der Waals surface area contributed by atoms with Gasteiger partial charge in [-0.1, -0.05) is 18.2 Å². The molecule has 0 aliphatic carbocycles. The van der Waals surface area contributed by atoms with Gasteiger partial charge in [0.1, 0.15) is 5.03 Å². The summed E-state index contributed by atoms with van der Waals surface area (Å²) in [4.78, 5) is 11.0. The summed E-state index contributed by atoms with van der Waals surface area (Å²) in [5.74, 6) is -0.645. The van der Waals surface area contributed by atoms with Crippen LogP contribution in [0.3, 0.4) is 0 Å². The quantitative estimate of drug-likeness (QED) is 0.537. The second-order valence-corrected chi connectivity index (χ2v) is 3.43. The first kappa shape index (κ1) is 11.5. The fourth-order valence-corrected chi connectivity index (χ4v) is 1.24. The van der Waals surface area contributed by atoms with Crippen molar-refractivity contribution in [3.05, 3.63) is 11.6 Å². The second-order valence-electron chi connectivity index (χ2n) is 2.97. The zero-order valence-electron chi connectivity index (χ0n) is 7.99. The van der Waals surface area contributed by atoms with Crippen LogP contribution in [0.5, 0.6) is 0 Å². The lowest BCUT2D eigenvalue weighted by Gasteiger charge is -2.28. The van der Waals surface area contributed by atoms with Gasteiger partial charge in [0, 0.05) is 13.5 Å². The standard InChI is InChI=1S/C9H13ClO4/c1-6(10)9(11)14-8-5-3-4-7(12-2)13-8/h7-8H,1,3-5H2,2H3. The van der Waals surface area contributed by atoms with Gasteiger partial charge in [0.2, 0.25) is 6.29 Å². The normalized spacial score (nSPS) is 27.0. The Labute approximate surface area is 87.8 Å². The van der Waals surface area contributed by atoms with Crippen molar-refractivity contribution in [3.63, 3.8) is 0 Å². The van der Waals surface area contributed by atoms with E-state index in [2.05, 4.69) is 6.58 Å². The van der Waals surface area contributed by atoms with Gasteiger partial charge in [-0.05, 0) is 12.8 Å².